The molecule has 0 amide bonds. The molecule has 0 aromatic heterocycles. The molecule has 0 spiro atoms. The Balaban J connectivity index is 2.70. The molecule has 1 aliphatic rings. The zero-order valence-corrected chi connectivity index (χ0v) is 10.4. The van der Waals surface area contributed by atoms with Crippen LogP contribution in [0.3, 0.4) is 0 Å². The van der Waals surface area contributed by atoms with Crippen molar-refractivity contribution in [1.29, 1.82) is 0 Å². The summed E-state index contributed by atoms with van der Waals surface area (Å²) in [7, 11) is 4.51. The molecule has 1 aromatic rings. The van der Waals surface area contributed by atoms with Crippen LogP contribution in [0.4, 0.5) is 0 Å². The van der Waals surface area contributed by atoms with E-state index in [0.29, 0.717) is 29.2 Å². The minimum Gasteiger partial charge on any atom is -0.493 e. The van der Waals surface area contributed by atoms with Gasteiger partial charge in [0.05, 0.1) is 26.9 Å². The highest BCUT2D eigenvalue weighted by molar-refractivity contribution is 6.18. The summed E-state index contributed by atoms with van der Waals surface area (Å²) in [5, 5.41) is 9.17. The number of carbonyl (C=O) groups is 1. The predicted molar refractivity (Wildman–Crippen MR) is 65.4 cm³/mol. The summed E-state index contributed by atoms with van der Waals surface area (Å²) >= 11 is 0. The number of methoxy groups -OCH3 is 3. The second-order valence-electron chi connectivity index (χ2n) is 3.81. The number of carboxylic acids is 1. The third-order valence-corrected chi connectivity index (χ3v) is 2.94. The Kier molecular flexibility index (Phi) is 3.14. The highest BCUT2D eigenvalue weighted by Crippen LogP contribution is 2.47. The Morgan fingerprint density at radius 1 is 1.17 bits per heavy atom. The van der Waals surface area contributed by atoms with E-state index in [1.807, 2.05) is 0 Å². The van der Waals surface area contributed by atoms with E-state index in [2.05, 4.69) is 0 Å². The van der Waals surface area contributed by atoms with Gasteiger partial charge in [-0.1, -0.05) is 6.08 Å². The maximum absolute atomic E-state index is 11.2. The van der Waals surface area contributed by atoms with Crippen LogP contribution in [0.25, 0.3) is 5.57 Å². The molecule has 5 heteroatoms. The molecular weight excluding hydrogens is 236 g/mol. The molecule has 1 aromatic carbocycles. The fourth-order valence-electron chi connectivity index (χ4n) is 2.17. The van der Waals surface area contributed by atoms with E-state index in [-0.39, 0.29) is 5.57 Å². The first-order valence-electron chi connectivity index (χ1n) is 5.39. The van der Waals surface area contributed by atoms with Gasteiger partial charge in [-0.15, -0.1) is 0 Å². The molecule has 18 heavy (non-hydrogen) atoms. The van der Waals surface area contributed by atoms with Gasteiger partial charge in [0.2, 0.25) is 5.75 Å². The Bertz CT molecular complexity index is 531. The number of allylic oxidation sites excluding steroid dienone is 1. The fourth-order valence-corrected chi connectivity index (χ4v) is 2.17. The second-order valence-corrected chi connectivity index (χ2v) is 3.81. The maximum Gasteiger partial charge on any atom is 0.336 e. The normalized spacial score (nSPS) is 12.7. The summed E-state index contributed by atoms with van der Waals surface area (Å²) in [6.07, 6.45) is 2.21. The number of fused-ring (bicyclic) bond motifs is 1. The summed E-state index contributed by atoms with van der Waals surface area (Å²) in [6, 6.07) is 1.78. The summed E-state index contributed by atoms with van der Waals surface area (Å²) in [4.78, 5) is 11.2. The van der Waals surface area contributed by atoms with E-state index in [9.17, 15) is 9.90 Å². The minimum absolute atomic E-state index is 0.239. The van der Waals surface area contributed by atoms with Crippen molar-refractivity contribution in [3.05, 3.63) is 23.3 Å². The van der Waals surface area contributed by atoms with Crippen LogP contribution in [0.1, 0.15) is 11.1 Å². The topological polar surface area (TPSA) is 65.0 Å². The molecule has 0 saturated carbocycles. The van der Waals surface area contributed by atoms with Crippen molar-refractivity contribution in [2.24, 2.45) is 0 Å². The first-order chi connectivity index (χ1) is 8.63. The molecule has 0 unspecified atom stereocenters. The Labute approximate surface area is 105 Å². The number of rotatable bonds is 4. The second kappa shape index (κ2) is 4.60. The van der Waals surface area contributed by atoms with Crippen LogP contribution in [0.5, 0.6) is 17.2 Å². The highest BCUT2D eigenvalue weighted by atomic mass is 16.5. The van der Waals surface area contributed by atoms with Crippen LogP contribution in [-0.4, -0.2) is 32.4 Å². The zero-order valence-electron chi connectivity index (χ0n) is 10.4. The monoisotopic (exact) mass is 250 g/mol. The fraction of sp³-hybridized carbons (Fsp3) is 0.308. The molecule has 1 N–H and O–H groups in total. The van der Waals surface area contributed by atoms with Crippen LogP contribution in [0.2, 0.25) is 0 Å². The molecule has 0 atom stereocenters. The number of carboxylic acid groups (broad SMARTS) is 1. The van der Waals surface area contributed by atoms with Gasteiger partial charge in [0.1, 0.15) is 0 Å². The molecule has 0 heterocycles. The first kappa shape index (κ1) is 12.3. The van der Waals surface area contributed by atoms with Crippen LogP contribution in [-0.2, 0) is 11.2 Å². The van der Waals surface area contributed by atoms with Gasteiger partial charge in [0.25, 0.3) is 0 Å². The molecule has 0 aliphatic heterocycles. The summed E-state index contributed by atoms with van der Waals surface area (Å²) in [5.41, 5.74) is 1.67. The lowest BCUT2D eigenvalue weighted by Crippen LogP contribution is -2.03. The van der Waals surface area contributed by atoms with E-state index < -0.39 is 5.97 Å². The number of ether oxygens (including phenoxy) is 3. The van der Waals surface area contributed by atoms with E-state index in [4.69, 9.17) is 14.2 Å². The minimum atomic E-state index is -0.973. The van der Waals surface area contributed by atoms with Crippen molar-refractivity contribution >= 4 is 11.5 Å². The summed E-state index contributed by atoms with van der Waals surface area (Å²) in [5.74, 6) is 0.373. The van der Waals surface area contributed by atoms with Gasteiger partial charge in [0.15, 0.2) is 11.5 Å². The standard InChI is InChI=1S/C13H14O5/c1-16-9-6-7-4-5-8(13(14)15)10(7)12(18-3)11(9)17-2/h5-6H,4H2,1-3H3,(H,14,15). The number of hydrogen-bond donors (Lipinski definition) is 1. The average Bonchev–Trinajstić information content (AvgIpc) is 2.79. The highest BCUT2D eigenvalue weighted by Gasteiger charge is 2.28. The molecule has 5 nitrogen and oxygen atoms in total. The molecule has 0 fully saturated rings. The summed E-state index contributed by atoms with van der Waals surface area (Å²) < 4.78 is 15.8. The molecule has 0 radical (unpaired) electrons. The van der Waals surface area contributed by atoms with Gasteiger partial charge < -0.3 is 19.3 Å². The Morgan fingerprint density at radius 3 is 2.33 bits per heavy atom. The number of benzene rings is 1. The van der Waals surface area contributed by atoms with Gasteiger partial charge in [-0.05, 0) is 18.1 Å². The SMILES string of the molecule is COc1cc2c(c(OC)c1OC)C(C(=O)O)=CC2. The van der Waals surface area contributed by atoms with Crippen LogP contribution >= 0.6 is 0 Å². The number of aliphatic carboxylic acids is 1. The van der Waals surface area contributed by atoms with E-state index >= 15 is 0 Å². The first-order valence-corrected chi connectivity index (χ1v) is 5.39. The van der Waals surface area contributed by atoms with Gasteiger partial charge in [-0.3, -0.25) is 0 Å². The lowest BCUT2D eigenvalue weighted by molar-refractivity contribution is -0.130. The largest absolute Gasteiger partial charge is 0.493 e. The van der Waals surface area contributed by atoms with Crippen LogP contribution in [0.15, 0.2) is 12.1 Å². The van der Waals surface area contributed by atoms with E-state index in [1.165, 1.54) is 21.3 Å². The molecule has 1 aliphatic carbocycles. The van der Waals surface area contributed by atoms with Gasteiger partial charge in [-0.2, -0.15) is 0 Å². The average molecular weight is 250 g/mol. The van der Waals surface area contributed by atoms with Crippen molar-refractivity contribution in [1.82, 2.24) is 0 Å². The zero-order chi connectivity index (χ0) is 13.3. The van der Waals surface area contributed by atoms with E-state index in [1.54, 1.807) is 12.1 Å². The van der Waals surface area contributed by atoms with Crippen LogP contribution in [0, 0.1) is 0 Å². The van der Waals surface area contributed by atoms with Crippen molar-refractivity contribution in [3.8, 4) is 17.2 Å². The maximum atomic E-state index is 11.2. The van der Waals surface area contributed by atoms with Crippen LogP contribution < -0.4 is 14.2 Å². The van der Waals surface area contributed by atoms with Crippen molar-refractivity contribution in [2.75, 3.05) is 21.3 Å². The predicted octanol–water partition coefficient (Wildman–Crippen LogP) is 1.74. The lowest BCUT2D eigenvalue weighted by Gasteiger charge is -2.16. The molecular formula is C13H14O5. The van der Waals surface area contributed by atoms with Crippen molar-refractivity contribution < 1.29 is 24.1 Å². The Morgan fingerprint density at radius 2 is 1.83 bits per heavy atom. The van der Waals surface area contributed by atoms with Gasteiger partial charge in [-0.25, -0.2) is 4.79 Å². The summed E-state index contributed by atoms with van der Waals surface area (Å²) in [6.45, 7) is 0. The van der Waals surface area contributed by atoms with Gasteiger partial charge in [0, 0.05) is 5.56 Å². The lowest BCUT2D eigenvalue weighted by atomic mass is 10.0. The van der Waals surface area contributed by atoms with Gasteiger partial charge >= 0.3 is 5.97 Å². The molecule has 96 valence electrons. The molecule has 0 saturated heterocycles. The van der Waals surface area contributed by atoms with Crippen molar-refractivity contribution in [2.45, 2.75) is 6.42 Å². The molecule has 2 rings (SSSR count). The van der Waals surface area contributed by atoms with E-state index in [0.717, 1.165) is 5.56 Å². The third-order valence-electron chi connectivity index (χ3n) is 2.94. The van der Waals surface area contributed by atoms with Crippen molar-refractivity contribution in [3.63, 3.8) is 0 Å². The molecule has 0 bridgehead atoms. The third kappa shape index (κ3) is 1.68. The number of hydrogen-bond acceptors (Lipinski definition) is 4. The Hall–Kier alpha value is -2.17. The smallest absolute Gasteiger partial charge is 0.336 e. The quantitative estimate of drug-likeness (QED) is 0.881.